The molecule has 1 aliphatic carbocycles. The van der Waals surface area contributed by atoms with Crippen molar-refractivity contribution in [2.45, 2.75) is 32.3 Å². The minimum atomic E-state index is -0.333. The molecule has 0 saturated carbocycles. The molecule has 0 saturated heterocycles. The Labute approximate surface area is 142 Å². The molecule has 0 N–H and O–H groups in total. The number of hydrogen-bond acceptors (Lipinski definition) is 2. The van der Waals surface area contributed by atoms with Crippen LogP contribution in [0.4, 0.5) is 0 Å². The summed E-state index contributed by atoms with van der Waals surface area (Å²) in [6.07, 6.45) is 1.89. The van der Waals surface area contributed by atoms with Crippen LogP contribution in [0.3, 0.4) is 0 Å². The molecule has 2 heteroatoms. The van der Waals surface area contributed by atoms with Crippen LogP contribution in [-0.4, -0.2) is 4.98 Å². The predicted octanol–water partition coefficient (Wildman–Crippen LogP) is 5.51. The highest BCUT2D eigenvalue weighted by Gasteiger charge is 2.38. The molecule has 2 nitrogen and oxygen atoms in total. The molecule has 3 aromatic rings. The van der Waals surface area contributed by atoms with Gasteiger partial charge in [0.1, 0.15) is 11.4 Å². The summed E-state index contributed by atoms with van der Waals surface area (Å²) in [4.78, 5) is 4.66. The van der Waals surface area contributed by atoms with E-state index in [0.29, 0.717) is 5.92 Å². The van der Waals surface area contributed by atoms with Crippen molar-refractivity contribution in [2.75, 3.05) is 0 Å². The quantitative estimate of drug-likeness (QED) is 0.546. The maximum absolute atomic E-state index is 6.30. The van der Waals surface area contributed by atoms with Crippen LogP contribution in [0.25, 0.3) is 22.4 Å². The number of hydrogen-bond donors (Lipinski definition) is 0. The van der Waals surface area contributed by atoms with E-state index in [4.69, 9.17) is 4.74 Å². The zero-order valence-corrected chi connectivity index (χ0v) is 14.1. The van der Waals surface area contributed by atoms with Gasteiger partial charge in [-0.3, -0.25) is 4.98 Å². The molecule has 0 bridgehead atoms. The van der Waals surface area contributed by atoms with Gasteiger partial charge < -0.3 is 4.74 Å². The lowest BCUT2D eigenvalue weighted by Crippen LogP contribution is -2.29. The Morgan fingerprint density at radius 2 is 1.79 bits per heavy atom. The highest BCUT2D eigenvalue weighted by molar-refractivity contribution is 5.89. The van der Waals surface area contributed by atoms with Gasteiger partial charge in [0, 0.05) is 28.8 Å². The zero-order chi connectivity index (χ0) is 16.5. The van der Waals surface area contributed by atoms with Crippen LogP contribution in [0.2, 0.25) is 0 Å². The minimum absolute atomic E-state index is 0.333. The normalized spacial score (nSPS) is 18.9. The van der Waals surface area contributed by atoms with Gasteiger partial charge in [0.15, 0.2) is 0 Å². The molecular formula is C22H19NO. The third kappa shape index (κ3) is 1.63. The van der Waals surface area contributed by atoms with Crippen molar-refractivity contribution in [3.05, 3.63) is 71.4 Å². The van der Waals surface area contributed by atoms with E-state index in [9.17, 15) is 0 Å². The largest absolute Gasteiger partial charge is 0.482 e. The molecule has 1 aliphatic heterocycles. The Balaban J connectivity index is 1.90. The van der Waals surface area contributed by atoms with Gasteiger partial charge in [-0.1, -0.05) is 43.3 Å². The summed E-state index contributed by atoms with van der Waals surface area (Å²) >= 11 is 0. The number of fused-ring (bicyclic) bond motifs is 7. The van der Waals surface area contributed by atoms with E-state index < -0.39 is 0 Å². The average molecular weight is 313 g/mol. The second-order valence-corrected chi connectivity index (χ2v) is 7.22. The number of para-hydroxylation sites is 1. The van der Waals surface area contributed by atoms with E-state index in [1.165, 1.54) is 33.4 Å². The molecule has 1 unspecified atom stereocenters. The number of aromatic nitrogens is 1. The fourth-order valence-electron chi connectivity index (χ4n) is 4.31. The van der Waals surface area contributed by atoms with Crippen LogP contribution in [0.1, 0.15) is 43.4 Å². The number of nitrogens with zero attached hydrogens (tertiary/aromatic N) is 1. The Hall–Kier alpha value is -2.61. The van der Waals surface area contributed by atoms with E-state index in [1.54, 1.807) is 0 Å². The van der Waals surface area contributed by atoms with Crippen molar-refractivity contribution in [1.29, 1.82) is 0 Å². The fourth-order valence-corrected chi connectivity index (χ4v) is 4.31. The lowest BCUT2D eigenvalue weighted by Gasteiger charge is -2.36. The third-order valence-electron chi connectivity index (χ3n) is 5.41. The van der Waals surface area contributed by atoms with E-state index in [0.717, 1.165) is 11.4 Å². The monoisotopic (exact) mass is 313 g/mol. The van der Waals surface area contributed by atoms with Crippen molar-refractivity contribution < 1.29 is 4.74 Å². The minimum Gasteiger partial charge on any atom is -0.482 e. The molecule has 0 radical (unpaired) electrons. The molecule has 0 amide bonds. The number of rotatable bonds is 0. The molecule has 0 fully saturated rings. The zero-order valence-electron chi connectivity index (χ0n) is 14.1. The van der Waals surface area contributed by atoms with Crippen molar-refractivity contribution in [3.8, 4) is 28.1 Å². The molecular weight excluding hydrogens is 294 g/mol. The Kier molecular flexibility index (Phi) is 2.57. The predicted molar refractivity (Wildman–Crippen MR) is 96.3 cm³/mol. The third-order valence-corrected chi connectivity index (χ3v) is 5.41. The first kappa shape index (κ1) is 13.8. The lowest BCUT2D eigenvalue weighted by molar-refractivity contribution is 0.105. The molecule has 1 aromatic heterocycles. The molecule has 0 spiro atoms. The van der Waals surface area contributed by atoms with E-state index in [2.05, 4.69) is 62.2 Å². The molecule has 24 heavy (non-hydrogen) atoms. The fraction of sp³-hybridized carbons (Fsp3) is 0.227. The van der Waals surface area contributed by atoms with Gasteiger partial charge in [-0.05, 0) is 42.7 Å². The molecule has 118 valence electrons. The van der Waals surface area contributed by atoms with Gasteiger partial charge >= 0.3 is 0 Å². The number of ether oxygens (including phenoxy) is 1. The summed E-state index contributed by atoms with van der Waals surface area (Å²) in [5, 5.41) is 0. The highest BCUT2D eigenvalue weighted by Crippen LogP contribution is 2.54. The van der Waals surface area contributed by atoms with E-state index in [-0.39, 0.29) is 5.60 Å². The summed E-state index contributed by atoms with van der Waals surface area (Å²) in [5.41, 5.74) is 8.58. The van der Waals surface area contributed by atoms with Crippen LogP contribution >= 0.6 is 0 Å². The first-order chi connectivity index (χ1) is 11.6. The number of pyridine rings is 1. The van der Waals surface area contributed by atoms with Gasteiger partial charge in [-0.15, -0.1) is 0 Å². The van der Waals surface area contributed by atoms with Gasteiger partial charge in [-0.25, -0.2) is 0 Å². The summed E-state index contributed by atoms with van der Waals surface area (Å²) in [7, 11) is 0. The number of benzene rings is 2. The van der Waals surface area contributed by atoms with Gasteiger partial charge in [0.05, 0.1) is 5.69 Å². The molecule has 2 aromatic carbocycles. The van der Waals surface area contributed by atoms with Crippen LogP contribution in [0.5, 0.6) is 5.75 Å². The average Bonchev–Trinajstić information content (AvgIpc) is 2.88. The Morgan fingerprint density at radius 1 is 0.958 bits per heavy atom. The Morgan fingerprint density at radius 3 is 2.67 bits per heavy atom. The lowest BCUT2D eigenvalue weighted by atomic mass is 9.80. The van der Waals surface area contributed by atoms with Gasteiger partial charge in [0.25, 0.3) is 0 Å². The van der Waals surface area contributed by atoms with Crippen molar-refractivity contribution in [2.24, 2.45) is 0 Å². The van der Waals surface area contributed by atoms with Crippen molar-refractivity contribution in [3.63, 3.8) is 0 Å². The Bertz CT molecular complexity index is 987. The highest BCUT2D eigenvalue weighted by atomic mass is 16.5. The molecule has 1 atom stereocenters. The second kappa shape index (κ2) is 4.47. The first-order valence-corrected chi connectivity index (χ1v) is 8.49. The van der Waals surface area contributed by atoms with Gasteiger partial charge in [0.2, 0.25) is 0 Å². The maximum Gasteiger partial charge on any atom is 0.129 e. The van der Waals surface area contributed by atoms with Crippen molar-refractivity contribution >= 4 is 0 Å². The van der Waals surface area contributed by atoms with Crippen LogP contribution in [0.15, 0.2) is 54.7 Å². The van der Waals surface area contributed by atoms with E-state index >= 15 is 0 Å². The van der Waals surface area contributed by atoms with Crippen molar-refractivity contribution in [1.82, 2.24) is 4.98 Å². The van der Waals surface area contributed by atoms with Crippen LogP contribution < -0.4 is 4.74 Å². The first-order valence-electron chi connectivity index (χ1n) is 8.49. The standard InChI is InChI=1S/C22H19NO/c1-13-14-8-6-12-23-21(14)16-10-11-17-20(19(13)16)15-7-4-5-9-18(15)24-22(17,2)3/h4-13H,1-3H3. The smallest absolute Gasteiger partial charge is 0.129 e. The summed E-state index contributed by atoms with van der Waals surface area (Å²) in [6, 6.07) is 17.1. The van der Waals surface area contributed by atoms with Crippen LogP contribution in [-0.2, 0) is 5.60 Å². The summed E-state index contributed by atoms with van der Waals surface area (Å²) in [6.45, 7) is 6.59. The molecule has 5 rings (SSSR count). The molecule has 2 heterocycles. The van der Waals surface area contributed by atoms with Crippen LogP contribution in [0, 0.1) is 0 Å². The van der Waals surface area contributed by atoms with E-state index in [1.807, 2.05) is 18.3 Å². The molecule has 2 aliphatic rings. The summed E-state index contributed by atoms with van der Waals surface area (Å²) in [5.74, 6) is 1.32. The summed E-state index contributed by atoms with van der Waals surface area (Å²) < 4.78 is 6.30. The maximum atomic E-state index is 6.30. The topological polar surface area (TPSA) is 22.1 Å². The van der Waals surface area contributed by atoms with Gasteiger partial charge in [-0.2, -0.15) is 0 Å². The SMILES string of the molecule is CC1c2cccnc2-c2ccc3c(c21)-c1ccccc1OC3(C)C. The second-order valence-electron chi connectivity index (χ2n) is 7.22.